The molecule has 3 heteroatoms. The molecule has 1 fully saturated rings. The molecule has 20 heavy (non-hydrogen) atoms. The molecule has 2 rings (SSSR count). The molecule has 112 valence electrons. The Morgan fingerprint density at radius 1 is 1.20 bits per heavy atom. The van der Waals surface area contributed by atoms with Crippen molar-refractivity contribution in [1.29, 1.82) is 0 Å². The van der Waals surface area contributed by atoms with Gasteiger partial charge in [0, 0.05) is 11.6 Å². The Bertz CT molecular complexity index is 425. The molecule has 0 aromatic heterocycles. The average Bonchev–Trinajstić information content (AvgIpc) is 2.48. The van der Waals surface area contributed by atoms with Crippen molar-refractivity contribution in [1.82, 2.24) is 0 Å². The van der Waals surface area contributed by atoms with Crippen molar-refractivity contribution in [3.8, 4) is 0 Å². The molecule has 1 unspecified atom stereocenters. The van der Waals surface area contributed by atoms with Gasteiger partial charge in [0.1, 0.15) is 0 Å². The molecule has 1 aromatic carbocycles. The van der Waals surface area contributed by atoms with E-state index in [2.05, 4.69) is 6.92 Å². The van der Waals surface area contributed by atoms with Crippen LogP contribution in [0, 0.1) is 23.5 Å². The number of halogens is 2. The van der Waals surface area contributed by atoms with Crippen LogP contribution in [-0.4, -0.2) is 0 Å². The highest BCUT2D eigenvalue weighted by molar-refractivity contribution is 5.23. The minimum Gasteiger partial charge on any atom is -0.324 e. The van der Waals surface area contributed by atoms with Gasteiger partial charge in [-0.05, 0) is 30.7 Å². The SMILES string of the molecule is CCCCC1CCC(C(N)c2cccc(F)c2F)CC1. The first kappa shape index (κ1) is 15.4. The molecular formula is C17H25F2N. The predicted octanol–water partition coefficient (Wildman–Crippen LogP) is 4.96. The van der Waals surface area contributed by atoms with Gasteiger partial charge in [0.2, 0.25) is 0 Å². The van der Waals surface area contributed by atoms with Crippen molar-refractivity contribution in [2.75, 3.05) is 0 Å². The second-order valence-corrected chi connectivity index (χ2v) is 6.09. The zero-order valence-electron chi connectivity index (χ0n) is 12.2. The van der Waals surface area contributed by atoms with E-state index < -0.39 is 11.6 Å². The highest BCUT2D eigenvalue weighted by atomic mass is 19.2. The fraction of sp³-hybridized carbons (Fsp3) is 0.647. The summed E-state index contributed by atoms with van der Waals surface area (Å²) < 4.78 is 27.1. The quantitative estimate of drug-likeness (QED) is 0.811. The molecule has 1 atom stereocenters. The second-order valence-electron chi connectivity index (χ2n) is 6.09. The minimum atomic E-state index is -0.797. The van der Waals surface area contributed by atoms with Crippen molar-refractivity contribution >= 4 is 0 Å². The summed E-state index contributed by atoms with van der Waals surface area (Å²) in [4.78, 5) is 0. The van der Waals surface area contributed by atoms with Gasteiger partial charge < -0.3 is 5.73 Å². The highest BCUT2D eigenvalue weighted by Crippen LogP contribution is 2.38. The maximum absolute atomic E-state index is 13.8. The number of rotatable bonds is 5. The Kier molecular flexibility index (Phi) is 5.53. The van der Waals surface area contributed by atoms with Crippen molar-refractivity contribution in [2.45, 2.75) is 57.9 Å². The van der Waals surface area contributed by atoms with Crippen LogP contribution in [0.25, 0.3) is 0 Å². The van der Waals surface area contributed by atoms with Crippen LogP contribution >= 0.6 is 0 Å². The van der Waals surface area contributed by atoms with E-state index >= 15 is 0 Å². The third-order valence-electron chi connectivity index (χ3n) is 4.71. The molecule has 0 amide bonds. The van der Waals surface area contributed by atoms with E-state index in [9.17, 15) is 8.78 Å². The van der Waals surface area contributed by atoms with E-state index in [1.807, 2.05) is 0 Å². The van der Waals surface area contributed by atoms with Gasteiger partial charge in [-0.2, -0.15) is 0 Å². The van der Waals surface area contributed by atoms with E-state index in [1.54, 1.807) is 12.1 Å². The fourth-order valence-corrected chi connectivity index (χ4v) is 3.36. The number of hydrogen-bond acceptors (Lipinski definition) is 1. The lowest BCUT2D eigenvalue weighted by molar-refractivity contribution is 0.230. The van der Waals surface area contributed by atoms with Crippen LogP contribution in [0.2, 0.25) is 0 Å². The summed E-state index contributed by atoms with van der Waals surface area (Å²) in [6.45, 7) is 2.22. The lowest BCUT2D eigenvalue weighted by Crippen LogP contribution is -2.27. The molecule has 0 bridgehead atoms. The Labute approximate surface area is 120 Å². The summed E-state index contributed by atoms with van der Waals surface area (Å²) in [5, 5.41) is 0. The lowest BCUT2D eigenvalue weighted by atomic mass is 9.75. The van der Waals surface area contributed by atoms with Crippen LogP contribution in [0.4, 0.5) is 8.78 Å². The molecule has 2 N–H and O–H groups in total. The average molecular weight is 281 g/mol. The summed E-state index contributed by atoms with van der Waals surface area (Å²) in [6.07, 6.45) is 8.25. The largest absolute Gasteiger partial charge is 0.324 e. The summed E-state index contributed by atoms with van der Waals surface area (Å²) in [7, 11) is 0. The van der Waals surface area contributed by atoms with Gasteiger partial charge in [0.05, 0.1) is 0 Å². The lowest BCUT2D eigenvalue weighted by Gasteiger charge is -2.32. The number of nitrogens with two attached hydrogens (primary N) is 1. The Hall–Kier alpha value is -0.960. The van der Waals surface area contributed by atoms with Gasteiger partial charge in [0.25, 0.3) is 0 Å². The Morgan fingerprint density at radius 2 is 1.90 bits per heavy atom. The first-order valence-electron chi connectivity index (χ1n) is 7.83. The van der Waals surface area contributed by atoms with E-state index in [0.29, 0.717) is 5.56 Å². The fourth-order valence-electron chi connectivity index (χ4n) is 3.36. The molecule has 0 spiro atoms. The smallest absolute Gasteiger partial charge is 0.163 e. The molecule has 1 aliphatic rings. The van der Waals surface area contributed by atoms with E-state index in [1.165, 1.54) is 32.1 Å². The molecule has 1 aromatic rings. The highest BCUT2D eigenvalue weighted by Gasteiger charge is 2.28. The minimum absolute atomic E-state index is 0.282. The van der Waals surface area contributed by atoms with E-state index in [-0.39, 0.29) is 12.0 Å². The van der Waals surface area contributed by atoms with Crippen LogP contribution in [0.5, 0.6) is 0 Å². The number of unbranched alkanes of at least 4 members (excludes halogenated alkanes) is 1. The van der Waals surface area contributed by atoms with Crippen molar-refractivity contribution in [2.24, 2.45) is 17.6 Å². The van der Waals surface area contributed by atoms with Crippen LogP contribution in [0.1, 0.15) is 63.5 Å². The molecular weight excluding hydrogens is 256 g/mol. The number of hydrogen-bond donors (Lipinski definition) is 1. The van der Waals surface area contributed by atoms with Crippen LogP contribution in [-0.2, 0) is 0 Å². The maximum Gasteiger partial charge on any atom is 0.163 e. The van der Waals surface area contributed by atoms with Gasteiger partial charge in [0.15, 0.2) is 11.6 Å². The summed E-state index contributed by atoms with van der Waals surface area (Å²) in [5.74, 6) is -0.484. The van der Waals surface area contributed by atoms with Gasteiger partial charge in [-0.1, -0.05) is 51.2 Å². The van der Waals surface area contributed by atoms with Crippen LogP contribution in [0.15, 0.2) is 18.2 Å². The maximum atomic E-state index is 13.8. The molecule has 1 saturated carbocycles. The summed E-state index contributed by atoms with van der Waals surface area (Å²) in [6, 6.07) is 3.93. The van der Waals surface area contributed by atoms with Crippen molar-refractivity contribution in [3.63, 3.8) is 0 Å². The van der Waals surface area contributed by atoms with Gasteiger partial charge in [-0.15, -0.1) is 0 Å². The standard InChI is InChI=1S/C17H25F2N/c1-2-3-5-12-8-10-13(11-9-12)17(20)14-6-4-7-15(18)16(14)19/h4,6-7,12-13,17H,2-3,5,8-11,20H2,1H3. The zero-order valence-corrected chi connectivity index (χ0v) is 12.2. The van der Waals surface area contributed by atoms with E-state index in [0.717, 1.165) is 24.8 Å². The predicted molar refractivity (Wildman–Crippen MR) is 78.3 cm³/mol. The zero-order chi connectivity index (χ0) is 14.5. The van der Waals surface area contributed by atoms with Crippen LogP contribution in [0.3, 0.4) is 0 Å². The molecule has 0 heterocycles. The van der Waals surface area contributed by atoms with Gasteiger partial charge >= 0.3 is 0 Å². The first-order valence-corrected chi connectivity index (χ1v) is 7.83. The topological polar surface area (TPSA) is 26.0 Å². The van der Waals surface area contributed by atoms with Gasteiger partial charge in [-0.25, -0.2) is 8.78 Å². The third-order valence-corrected chi connectivity index (χ3v) is 4.71. The summed E-state index contributed by atoms with van der Waals surface area (Å²) in [5.41, 5.74) is 6.51. The Morgan fingerprint density at radius 3 is 2.55 bits per heavy atom. The monoisotopic (exact) mass is 281 g/mol. The molecule has 0 saturated heterocycles. The van der Waals surface area contributed by atoms with Crippen molar-refractivity contribution < 1.29 is 8.78 Å². The molecule has 0 radical (unpaired) electrons. The first-order chi connectivity index (χ1) is 9.63. The third kappa shape index (κ3) is 3.57. The molecule has 0 aliphatic heterocycles. The second kappa shape index (κ2) is 7.16. The number of benzene rings is 1. The van der Waals surface area contributed by atoms with E-state index in [4.69, 9.17) is 5.73 Å². The van der Waals surface area contributed by atoms with Crippen molar-refractivity contribution in [3.05, 3.63) is 35.4 Å². The summed E-state index contributed by atoms with van der Waals surface area (Å²) >= 11 is 0. The van der Waals surface area contributed by atoms with Gasteiger partial charge in [-0.3, -0.25) is 0 Å². The Balaban J connectivity index is 1.94. The van der Waals surface area contributed by atoms with Crippen LogP contribution < -0.4 is 5.73 Å². The molecule has 1 nitrogen and oxygen atoms in total. The molecule has 1 aliphatic carbocycles. The normalized spacial score (nSPS) is 24.6.